The third-order valence-corrected chi connectivity index (χ3v) is 5.00. The number of hydrogen-bond acceptors (Lipinski definition) is 3. The van der Waals surface area contributed by atoms with Crippen molar-refractivity contribution in [1.29, 1.82) is 0 Å². The van der Waals surface area contributed by atoms with E-state index in [4.69, 9.17) is 0 Å². The molecule has 1 aromatic carbocycles. The van der Waals surface area contributed by atoms with Crippen molar-refractivity contribution in [3.8, 4) is 0 Å². The summed E-state index contributed by atoms with van der Waals surface area (Å²) in [6, 6.07) is 7.46. The third kappa shape index (κ3) is 4.82. The van der Waals surface area contributed by atoms with E-state index in [1.165, 1.54) is 0 Å². The second-order valence-corrected chi connectivity index (χ2v) is 6.95. The van der Waals surface area contributed by atoms with Crippen LogP contribution in [0.2, 0.25) is 0 Å². The zero-order chi connectivity index (χ0) is 18.4. The Hall–Kier alpha value is -1.88. The molecule has 3 unspecified atom stereocenters. The fourth-order valence-corrected chi connectivity index (χ4v) is 3.22. The van der Waals surface area contributed by atoms with Crippen molar-refractivity contribution in [2.45, 2.75) is 65.1 Å². The molecule has 0 saturated carbocycles. The number of fused-ring (bicyclic) bond motifs is 1. The van der Waals surface area contributed by atoms with E-state index in [9.17, 15) is 14.7 Å². The Morgan fingerprint density at radius 1 is 1.28 bits per heavy atom. The molecule has 0 aromatic heterocycles. The average molecular weight is 346 g/mol. The highest BCUT2D eigenvalue weighted by Crippen LogP contribution is 2.25. The van der Waals surface area contributed by atoms with Crippen LogP contribution in [0.5, 0.6) is 0 Å². The van der Waals surface area contributed by atoms with E-state index in [1.807, 2.05) is 45.0 Å². The number of carbonyl (C=O) groups is 2. The molecular weight excluding hydrogens is 316 g/mol. The first-order valence-corrected chi connectivity index (χ1v) is 9.30. The molecule has 1 aromatic rings. The second-order valence-electron chi connectivity index (χ2n) is 6.95. The van der Waals surface area contributed by atoms with Crippen LogP contribution >= 0.6 is 0 Å². The Morgan fingerprint density at radius 2 is 1.96 bits per heavy atom. The van der Waals surface area contributed by atoms with Gasteiger partial charge in [-0.05, 0) is 24.0 Å². The fraction of sp³-hybridized carbons (Fsp3) is 0.600. The fourth-order valence-electron chi connectivity index (χ4n) is 3.22. The first kappa shape index (κ1) is 19.4. The number of aliphatic hydroxyl groups excluding tert-OH is 1. The molecule has 0 bridgehead atoms. The largest absolute Gasteiger partial charge is 0.391 e. The van der Waals surface area contributed by atoms with Crippen molar-refractivity contribution in [3.05, 3.63) is 35.4 Å². The van der Waals surface area contributed by atoms with Crippen molar-refractivity contribution in [3.63, 3.8) is 0 Å². The lowest BCUT2D eigenvalue weighted by molar-refractivity contribution is -0.144. The van der Waals surface area contributed by atoms with E-state index in [0.717, 1.165) is 24.0 Å². The second kappa shape index (κ2) is 8.99. The lowest BCUT2D eigenvalue weighted by Crippen LogP contribution is -2.54. The molecular formula is C20H30N2O3. The SMILES string of the molecule is CCCC(O)CNC(=O)C1Cc2ccccc2CN1C(=O)C(C)CC. The third-order valence-electron chi connectivity index (χ3n) is 5.00. The molecule has 2 amide bonds. The molecule has 5 heteroatoms. The summed E-state index contributed by atoms with van der Waals surface area (Å²) in [5.74, 6) is -0.265. The summed E-state index contributed by atoms with van der Waals surface area (Å²) >= 11 is 0. The van der Waals surface area contributed by atoms with Gasteiger partial charge < -0.3 is 15.3 Å². The lowest BCUT2D eigenvalue weighted by atomic mass is 9.92. The standard InChI is InChI=1S/C20H30N2O3/c1-4-8-17(23)12-21-19(24)18-11-15-9-6-7-10-16(15)13-22(18)20(25)14(3)5-2/h6-7,9-10,14,17-18,23H,4-5,8,11-13H2,1-3H3,(H,21,24). The normalized spacial score (nSPS) is 19.0. The Labute approximate surface area is 150 Å². The van der Waals surface area contributed by atoms with E-state index in [0.29, 0.717) is 19.4 Å². The van der Waals surface area contributed by atoms with Crippen LogP contribution in [0.1, 0.15) is 51.2 Å². The van der Waals surface area contributed by atoms with Crippen LogP contribution < -0.4 is 5.32 Å². The number of aliphatic hydroxyl groups is 1. The Bertz CT molecular complexity index is 602. The lowest BCUT2D eigenvalue weighted by Gasteiger charge is -2.37. The molecule has 1 heterocycles. The van der Waals surface area contributed by atoms with Gasteiger partial charge in [-0.3, -0.25) is 9.59 Å². The minimum atomic E-state index is -0.538. The van der Waals surface area contributed by atoms with E-state index < -0.39 is 12.1 Å². The average Bonchev–Trinajstić information content (AvgIpc) is 2.64. The van der Waals surface area contributed by atoms with E-state index in [1.54, 1.807) is 4.90 Å². The summed E-state index contributed by atoms with van der Waals surface area (Å²) in [7, 11) is 0. The number of hydrogen-bond donors (Lipinski definition) is 2. The zero-order valence-corrected chi connectivity index (χ0v) is 15.5. The van der Waals surface area contributed by atoms with Crippen LogP contribution in [0, 0.1) is 5.92 Å². The number of amides is 2. The molecule has 5 nitrogen and oxygen atoms in total. The number of benzene rings is 1. The van der Waals surface area contributed by atoms with Crippen molar-refractivity contribution in [2.75, 3.05) is 6.54 Å². The maximum atomic E-state index is 12.8. The van der Waals surface area contributed by atoms with Crippen LogP contribution in [-0.4, -0.2) is 40.5 Å². The minimum absolute atomic E-state index is 0.0197. The van der Waals surface area contributed by atoms with Crippen LogP contribution in [0.4, 0.5) is 0 Å². The molecule has 1 aliphatic rings. The first-order valence-electron chi connectivity index (χ1n) is 9.30. The Balaban J connectivity index is 2.16. The van der Waals surface area contributed by atoms with Gasteiger partial charge in [0.15, 0.2) is 0 Å². The van der Waals surface area contributed by atoms with Crippen molar-refractivity contribution in [1.82, 2.24) is 10.2 Å². The van der Waals surface area contributed by atoms with E-state index >= 15 is 0 Å². The monoisotopic (exact) mass is 346 g/mol. The van der Waals surface area contributed by atoms with Crippen LogP contribution in [-0.2, 0) is 22.6 Å². The summed E-state index contributed by atoms with van der Waals surface area (Å²) < 4.78 is 0. The summed E-state index contributed by atoms with van der Waals surface area (Å²) in [5, 5.41) is 12.7. The van der Waals surface area contributed by atoms with E-state index in [2.05, 4.69) is 5.32 Å². The Morgan fingerprint density at radius 3 is 2.60 bits per heavy atom. The van der Waals surface area contributed by atoms with Gasteiger partial charge >= 0.3 is 0 Å². The first-order chi connectivity index (χ1) is 12.0. The van der Waals surface area contributed by atoms with Gasteiger partial charge in [0.05, 0.1) is 6.10 Å². The van der Waals surface area contributed by atoms with Gasteiger partial charge in [0.25, 0.3) is 0 Å². The molecule has 2 N–H and O–H groups in total. The number of rotatable bonds is 7. The maximum absolute atomic E-state index is 12.8. The van der Waals surface area contributed by atoms with Crippen LogP contribution in [0.15, 0.2) is 24.3 Å². The van der Waals surface area contributed by atoms with E-state index in [-0.39, 0.29) is 24.3 Å². The van der Waals surface area contributed by atoms with Crippen molar-refractivity contribution >= 4 is 11.8 Å². The predicted octanol–water partition coefficient (Wildman–Crippen LogP) is 2.26. The highest BCUT2D eigenvalue weighted by Gasteiger charge is 2.35. The van der Waals surface area contributed by atoms with Gasteiger partial charge in [-0.1, -0.05) is 51.5 Å². The molecule has 138 valence electrons. The van der Waals surface area contributed by atoms with Crippen molar-refractivity contribution < 1.29 is 14.7 Å². The maximum Gasteiger partial charge on any atom is 0.243 e. The van der Waals surface area contributed by atoms with Crippen LogP contribution in [0.25, 0.3) is 0 Å². The summed E-state index contributed by atoms with van der Waals surface area (Å²) in [6.45, 7) is 6.58. The molecule has 0 radical (unpaired) electrons. The number of nitrogens with zero attached hydrogens (tertiary/aromatic N) is 1. The summed E-state index contributed by atoms with van der Waals surface area (Å²) in [5.41, 5.74) is 2.22. The Kier molecular flexibility index (Phi) is 7.00. The molecule has 25 heavy (non-hydrogen) atoms. The van der Waals surface area contributed by atoms with Gasteiger partial charge in [0, 0.05) is 25.4 Å². The molecule has 3 atom stereocenters. The number of carbonyl (C=O) groups excluding carboxylic acids is 2. The van der Waals surface area contributed by atoms with Gasteiger partial charge in [-0.2, -0.15) is 0 Å². The molecule has 0 fully saturated rings. The predicted molar refractivity (Wildman–Crippen MR) is 97.9 cm³/mol. The molecule has 1 aliphatic heterocycles. The molecule has 0 aliphatic carbocycles. The van der Waals surface area contributed by atoms with Gasteiger partial charge in [0.2, 0.25) is 11.8 Å². The molecule has 2 rings (SSSR count). The quantitative estimate of drug-likeness (QED) is 0.796. The smallest absolute Gasteiger partial charge is 0.243 e. The zero-order valence-electron chi connectivity index (χ0n) is 15.5. The van der Waals surface area contributed by atoms with Crippen molar-refractivity contribution in [2.24, 2.45) is 5.92 Å². The number of nitrogens with one attached hydrogen (secondary N) is 1. The van der Waals surface area contributed by atoms with Crippen LogP contribution in [0.3, 0.4) is 0 Å². The summed E-state index contributed by atoms with van der Waals surface area (Å²) in [4.78, 5) is 27.2. The minimum Gasteiger partial charge on any atom is -0.391 e. The molecule has 0 spiro atoms. The summed E-state index contributed by atoms with van der Waals surface area (Å²) in [6.07, 6.45) is 2.26. The molecule has 0 saturated heterocycles. The van der Waals surface area contributed by atoms with Gasteiger partial charge in [0.1, 0.15) is 6.04 Å². The van der Waals surface area contributed by atoms with Gasteiger partial charge in [-0.25, -0.2) is 0 Å². The highest BCUT2D eigenvalue weighted by atomic mass is 16.3. The van der Waals surface area contributed by atoms with Gasteiger partial charge in [-0.15, -0.1) is 0 Å². The highest BCUT2D eigenvalue weighted by molar-refractivity contribution is 5.89. The topological polar surface area (TPSA) is 69.6 Å².